The SMILES string of the molecule is COc1cc(-c2cc3c(ccc4oc5ccccc5c43)o2)ccc1C. The molecular weight excluding hydrogens is 312 g/mol. The lowest BCUT2D eigenvalue weighted by molar-refractivity contribution is 0.411. The Morgan fingerprint density at radius 2 is 1.56 bits per heavy atom. The highest BCUT2D eigenvalue weighted by Gasteiger charge is 2.15. The smallest absolute Gasteiger partial charge is 0.136 e. The lowest BCUT2D eigenvalue weighted by atomic mass is 10.1. The third-order valence-electron chi connectivity index (χ3n) is 4.73. The largest absolute Gasteiger partial charge is 0.496 e. The number of hydrogen-bond donors (Lipinski definition) is 0. The van der Waals surface area contributed by atoms with E-state index in [2.05, 4.69) is 18.2 Å². The van der Waals surface area contributed by atoms with Crippen LogP contribution in [0.5, 0.6) is 5.75 Å². The van der Waals surface area contributed by atoms with Gasteiger partial charge in [-0.3, -0.25) is 0 Å². The van der Waals surface area contributed by atoms with Crippen molar-refractivity contribution in [2.75, 3.05) is 7.11 Å². The van der Waals surface area contributed by atoms with Gasteiger partial charge in [0.2, 0.25) is 0 Å². The molecule has 0 saturated heterocycles. The molecule has 122 valence electrons. The quantitative estimate of drug-likeness (QED) is 0.380. The van der Waals surface area contributed by atoms with Crippen LogP contribution in [0.1, 0.15) is 5.56 Å². The van der Waals surface area contributed by atoms with Crippen molar-refractivity contribution >= 4 is 32.9 Å². The van der Waals surface area contributed by atoms with Crippen molar-refractivity contribution < 1.29 is 13.6 Å². The van der Waals surface area contributed by atoms with E-state index in [1.165, 1.54) is 0 Å². The number of aryl methyl sites for hydroxylation is 1. The molecule has 0 unspecified atom stereocenters. The van der Waals surface area contributed by atoms with E-state index in [-0.39, 0.29) is 0 Å². The minimum Gasteiger partial charge on any atom is -0.496 e. The molecule has 0 aliphatic rings. The van der Waals surface area contributed by atoms with E-state index in [4.69, 9.17) is 13.6 Å². The number of rotatable bonds is 2. The zero-order valence-electron chi connectivity index (χ0n) is 14.0. The Kier molecular flexibility index (Phi) is 2.92. The van der Waals surface area contributed by atoms with Crippen LogP contribution in [0, 0.1) is 6.92 Å². The van der Waals surface area contributed by atoms with E-state index in [1.54, 1.807) is 7.11 Å². The van der Waals surface area contributed by atoms with E-state index < -0.39 is 0 Å². The Bertz CT molecular complexity index is 1240. The Hall–Kier alpha value is -3.20. The molecule has 2 heterocycles. The molecule has 0 radical (unpaired) electrons. The highest BCUT2D eigenvalue weighted by atomic mass is 16.5. The molecule has 3 aromatic carbocycles. The van der Waals surface area contributed by atoms with Gasteiger partial charge in [-0.05, 0) is 42.8 Å². The fraction of sp³-hybridized carbons (Fsp3) is 0.0909. The summed E-state index contributed by atoms with van der Waals surface area (Å²) in [6.07, 6.45) is 0. The van der Waals surface area contributed by atoms with E-state index in [0.717, 1.165) is 55.5 Å². The Morgan fingerprint density at radius 3 is 2.44 bits per heavy atom. The number of methoxy groups -OCH3 is 1. The molecule has 5 aromatic rings. The predicted molar refractivity (Wildman–Crippen MR) is 100 cm³/mol. The van der Waals surface area contributed by atoms with Crippen LogP contribution in [-0.2, 0) is 0 Å². The van der Waals surface area contributed by atoms with Crippen LogP contribution < -0.4 is 4.74 Å². The first kappa shape index (κ1) is 14.2. The first-order chi connectivity index (χ1) is 12.2. The Morgan fingerprint density at radius 1 is 0.760 bits per heavy atom. The second kappa shape index (κ2) is 5.15. The maximum Gasteiger partial charge on any atom is 0.136 e. The number of benzene rings is 3. The lowest BCUT2D eigenvalue weighted by Crippen LogP contribution is -1.87. The highest BCUT2D eigenvalue weighted by Crippen LogP contribution is 2.38. The van der Waals surface area contributed by atoms with Gasteiger partial charge in [0.15, 0.2) is 0 Å². The van der Waals surface area contributed by atoms with E-state index in [0.29, 0.717) is 0 Å². The summed E-state index contributed by atoms with van der Waals surface area (Å²) in [5.74, 6) is 1.68. The maximum atomic E-state index is 6.12. The van der Waals surface area contributed by atoms with Crippen LogP contribution in [0.2, 0.25) is 0 Å². The van der Waals surface area contributed by atoms with Crippen molar-refractivity contribution in [1.29, 1.82) is 0 Å². The zero-order valence-corrected chi connectivity index (χ0v) is 14.0. The van der Waals surface area contributed by atoms with Crippen LogP contribution in [0.15, 0.2) is 69.5 Å². The number of fused-ring (bicyclic) bond motifs is 5. The number of ether oxygens (including phenoxy) is 1. The summed E-state index contributed by atoms with van der Waals surface area (Å²) < 4.78 is 17.5. The van der Waals surface area contributed by atoms with Gasteiger partial charge in [0.25, 0.3) is 0 Å². The second-order valence-corrected chi connectivity index (χ2v) is 6.24. The normalized spacial score (nSPS) is 11.6. The number of para-hydroxylation sites is 1. The van der Waals surface area contributed by atoms with Crippen LogP contribution in [0.25, 0.3) is 44.2 Å². The highest BCUT2D eigenvalue weighted by molar-refractivity contribution is 6.18. The van der Waals surface area contributed by atoms with Crippen LogP contribution in [0.4, 0.5) is 0 Å². The van der Waals surface area contributed by atoms with Crippen LogP contribution >= 0.6 is 0 Å². The van der Waals surface area contributed by atoms with Gasteiger partial charge in [-0.15, -0.1) is 0 Å². The van der Waals surface area contributed by atoms with Gasteiger partial charge < -0.3 is 13.6 Å². The lowest BCUT2D eigenvalue weighted by Gasteiger charge is -2.05. The minimum absolute atomic E-state index is 0.825. The number of hydrogen-bond acceptors (Lipinski definition) is 3. The summed E-state index contributed by atoms with van der Waals surface area (Å²) >= 11 is 0. The van der Waals surface area contributed by atoms with Crippen molar-refractivity contribution in [1.82, 2.24) is 0 Å². The molecule has 0 aliphatic heterocycles. The summed E-state index contributed by atoms with van der Waals surface area (Å²) in [6.45, 7) is 2.03. The summed E-state index contributed by atoms with van der Waals surface area (Å²) in [5, 5.41) is 3.27. The summed E-state index contributed by atoms with van der Waals surface area (Å²) in [5.41, 5.74) is 4.73. The predicted octanol–water partition coefficient (Wildman–Crippen LogP) is 6.32. The average molecular weight is 328 g/mol. The van der Waals surface area contributed by atoms with Crippen molar-refractivity contribution in [3.63, 3.8) is 0 Å². The first-order valence-corrected chi connectivity index (χ1v) is 8.23. The molecule has 0 saturated carbocycles. The van der Waals surface area contributed by atoms with E-state index in [9.17, 15) is 0 Å². The summed E-state index contributed by atoms with van der Waals surface area (Å²) in [7, 11) is 1.69. The fourth-order valence-corrected chi connectivity index (χ4v) is 3.45. The van der Waals surface area contributed by atoms with Crippen molar-refractivity contribution in [2.45, 2.75) is 6.92 Å². The molecular formula is C22H16O3. The molecule has 3 heteroatoms. The molecule has 5 rings (SSSR count). The average Bonchev–Trinajstić information content (AvgIpc) is 3.22. The molecule has 0 spiro atoms. The zero-order chi connectivity index (χ0) is 17.0. The Labute approximate surface area is 144 Å². The van der Waals surface area contributed by atoms with Crippen LogP contribution in [-0.4, -0.2) is 7.11 Å². The minimum atomic E-state index is 0.825. The molecule has 0 amide bonds. The van der Waals surface area contributed by atoms with E-state index >= 15 is 0 Å². The third-order valence-corrected chi connectivity index (χ3v) is 4.73. The molecule has 0 N–H and O–H groups in total. The molecule has 0 bridgehead atoms. The fourth-order valence-electron chi connectivity index (χ4n) is 3.45. The van der Waals surface area contributed by atoms with Gasteiger partial charge >= 0.3 is 0 Å². The maximum absolute atomic E-state index is 6.12. The standard InChI is InChI=1S/C22H16O3/c1-13-7-8-14(11-20(13)23-2)21-12-16-18(25-21)9-10-19-22(16)15-5-3-4-6-17(15)24-19/h3-12H,1-2H3. The van der Waals surface area contributed by atoms with Gasteiger partial charge in [-0.25, -0.2) is 0 Å². The molecule has 0 atom stereocenters. The van der Waals surface area contributed by atoms with Crippen LogP contribution in [0.3, 0.4) is 0 Å². The van der Waals surface area contributed by atoms with Crippen molar-refractivity contribution in [3.05, 3.63) is 66.2 Å². The molecule has 0 aliphatic carbocycles. The van der Waals surface area contributed by atoms with E-state index in [1.807, 2.05) is 49.4 Å². The number of furan rings is 2. The first-order valence-electron chi connectivity index (χ1n) is 8.23. The summed E-state index contributed by atoms with van der Waals surface area (Å²) in [4.78, 5) is 0. The molecule has 2 aromatic heterocycles. The molecule has 3 nitrogen and oxygen atoms in total. The van der Waals surface area contributed by atoms with Gasteiger partial charge in [0.05, 0.1) is 7.11 Å². The van der Waals surface area contributed by atoms with Gasteiger partial charge in [-0.2, -0.15) is 0 Å². The van der Waals surface area contributed by atoms with Gasteiger partial charge in [0, 0.05) is 21.7 Å². The Balaban J connectivity index is 1.80. The van der Waals surface area contributed by atoms with Crippen molar-refractivity contribution in [3.8, 4) is 17.1 Å². The second-order valence-electron chi connectivity index (χ2n) is 6.24. The third kappa shape index (κ3) is 2.06. The van der Waals surface area contributed by atoms with Gasteiger partial charge in [0.1, 0.15) is 28.3 Å². The molecule has 0 fully saturated rings. The monoisotopic (exact) mass is 328 g/mol. The summed E-state index contributed by atoms with van der Waals surface area (Å²) in [6, 6.07) is 20.2. The topological polar surface area (TPSA) is 35.5 Å². The van der Waals surface area contributed by atoms with Crippen molar-refractivity contribution in [2.24, 2.45) is 0 Å². The molecule has 25 heavy (non-hydrogen) atoms. The van der Waals surface area contributed by atoms with Gasteiger partial charge in [-0.1, -0.05) is 30.3 Å².